The van der Waals surface area contributed by atoms with Gasteiger partial charge in [-0.1, -0.05) is 101 Å². The Balaban J connectivity index is 0.000000305. The van der Waals surface area contributed by atoms with Crippen LogP contribution < -0.4 is 0 Å². The number of fused-ring (bicyclic) bond motifs is 1. The molecule has 1 fully saturated rings. The molecule has 0 radical (unpaired) electrons. The lowest BCUT2D eigenvalue weighted by Crippen LogP contribution is -2.29. The molecular weight excluding hydrogens is 506 g/mol. The summed E-state index contributed by atoms with van der Waals surface area (Å²) < 4.78 is 5.44. The third-order valence-corrected chi connectivity index (χ3v) is 7.25. The highest BCUT2D eigenvalue weighted by molar-refractivity contribution is 5.93. The van der Waals surface area contributed by atoms with Crippen LogP contribution in [0.3, 0.4) is 0 Å². The van der Waals surface area contributed by atoms with E-state index in [0.29, 0.717) is 11.1 Å². The molecule has 4 nitrogen and oxygen atoms in total. The second kappa shape index (κ2) is 19.8. The van der Waals surface area contributed by atoms with E-state index < -0.39 is 0 Å². The van der Waals surface area contributed by atoms with E-state index >= 15 is 0 Å². The molecular formula is C37H53NO3. The lowest BCUT2D eigenvalue weighted by molar-refractivity contribution is -0.113. The predicted octanol–water partition coefficient (Wildman–Crippen LogP) is 9.20. The van der Waals surface area contributed by atoms with Crippen LogP contribution in [0.2, 0.25) is 0 Å². The molecule has 4 heteroatoms. The van der Waals surface area contributed by atoms with Crippen molar-refractivity contribution >= 4 is 11.4 Å². The topological polar surface area (TPSA) is 49.8 Å². The first-order valence-electron chi connectivity index (χ1n) is 15.0. The van der Waals surface area contributed by atoms with Crippen LogP contribution in [0.5, 0.6) is 0 Å². The van der Waals surface area contributed by atoms with E-state index in [0.717, 1.165) is 38.2 Å². The Bertz CT molecular complexity index is 1140. The minimum absolute atomic E-state index is 0.0764. The van der Waals surface area contributed by atoms with Gasteiger partial charge in [-0.15, -0.1) is 0 Å². The number of carbonyl (C=O) groups is 1. The van der Waals surface area contributed by atoms with Crippen molar-refractivity contribution in [1.82, 2.24) is 4.90 Å². The second-order valence-electron chi connectivity index (χ2n) is 10.3. The van der Waals surface area contributed by atoms with Crippen molar-refractivity contribution in [2.45, 2.75) is 86.8 Å². The number of carbonyl (C=O) groups excluding carboxylic acids is 1. The van der Waals surface area contributed by atoms with E-state index in [1.165, 1.54) is 73.2 Å². The smallest absolute Gasteiger partial charge is 0.159 e. The summed E-state index contributed by atoms with van der Waals surface area (Å²) in [5, 5.41) is 9.24. The number of piperidine rings is 1. The zero-order valence-electron chi connectivity index (χ0n) is 26.5. The number of ketones is 1. The fourth-order valence-electron chi connectivity index (χ4n) is 4.57. The van der Waals surface area contributed by atoms with Crippen molar-refractivity contribution in [3.63, 3.8) is 0 Å². The molecule has 0 saturated carbocycles. The highest BCUT2D eigenvalue weighted by atomic mass is 16.5. The molecule has 2 aliphatic heterocycles. The largest absolute Gasteiger partial charge is 0.507 e. The van der Waals surface area contributed by atoms with Crippen LogP contribution in [0.25, 0.3) is 5.57 Å². The van der Waals surface area contributed by atoms with Gasteiger partial charge in [0.2, 0.25) is 0 Å². The summed E-state index contributed by atoms with van der Waals surface area (Å²) in [6.45, 7) is 27.4. The van der Waals surface area contributed by atoms with E-state index in [2.05, 4.69) is 80.9 Å². The van der Waals surface area contributed by atoms with Crippen molar-refractivity contribution in [2.75, 3.05) is 19.7 Å². The van der Waals surface area contributed by atoms with Gasteiger partial charge in [0.05, 0.1) is 13.2 Å². The van der Waals surface area contributed by atoms with Crippen molar-refractivity contribution in [3.05, 3.63) is 113 Å². The number of Topliss-reactive ketones (excluding diaryl/α,β-unsaturated/α-hetero) is 1. The van der Waals surface area contributed by atoms with Gasteiger partial charge in [-0.05, 0) is 87.4 Å². The molecule has 0 bridgehead atoms. The van der Waals surface area contributed by atoms with E-state index in [1.807, 2.05) is 13.8 Å². The molecule has 0 aromatic heterocycles. The summed E-state index contributed by atoms with van der Waals surface area (Å²) in [5.74, 6) is -0.238. The van der Waals surface area contributed by atoms with Crippen LogP contribution in [0.4, 0.5) is 0 Å². The quantitative estimate of drug-likeness (QED) is 0.209. The Morgan fingerprint density at radius 2 is 1.63 bits per heavy atom. The van der Waals surface area contributed by atoms with E-state index in [1.54, 1.807) is 6.92 Å². The summed E-state index contributed by atoms with van der Waals surface area (Å²) in [6.07, 6.45) is 7.75. The van der Waals surface area contributed by atoms with Gasteiger partial charge >= 0.3 is 0 Å². The van der Waals surface area contributed by atoms with E-state index in [4.69, 9.17) is 4.74 Å². The highest BCUT2D eigenvalue weighted by Crippen LogP contribution is 2.21. The molecule has 2 heterocycles. The number of hydrogen-bond acceptors (Lipinski definition) is 4. The molecule has 41 heavy (non-hydrogen) atoms. The number of hydrogen-bond donors (Lipinski definition) is 1. The van der Waals surface area contributed by atoms with Crippen LogP contribution in [0.1, 0.15) is 88.6 Å². The molecule has 1 saturated heterocycles. The lowest BCUT2D eigenvalue weighted by atomic mass is 9.97. The molecule has 2 aromatic carbocycles. The van der Waals surface area contributed by atoms with Crippen LogP contribution in [0.15, 0.2) is 85.2 Å². The Morgan fingerprint density at radius 3 is 2.17 bits per heavy atom. The fraction of sp³-hybridized carbons (Fsp3) is 0.432. The predicted molar refractivity (Wildman–Crippen MR) is 176 cm³/mol. The van der Waals surface area contributed by atoms with Crippen LogP contribution in [-0.2, 0) is 35.5 Å². The van der Waals surface area contributed by atoms with Crippen LogP contribution in [0, 0.1) is 0 Å². The maximum absolute atomic E-state index is 10.7. The number of aliphatic hydroxyl groups is 1. The number of aliphatic hydroxyl groups excluding tert-OH is 1. The van der Waals surface area contributed by atoms with Crippen molar-refractivity contribution in [1.29, 1.82) is 0 Å². The van der Waals surface area contributed by atoms with Crippen LogP contribution >= 0.6 is 0 Å². The normalized spacial score (nSPS) is 14.7. The maximum atomic E-state index is 10.7. The van der Waals surface area contributed by atoms with Crippen molar-refractivity contribution in [2.24, 2.45) is 0 Å². The summed E-state index contributed by atoms with van der Waals surface area (Å²) in [7, 11) is 0. The number of aryl methyl sites for hydroxylation is 1. The van der Waals surface area contributed by atoms with Gasteiger partial charge in [0.25, 0.3) is 0 Å². The van der Waals surface area contributed by atoms with Gasteiger partial charge in [0.1, 0.15) is 5.76 Å². The monoisotopic (exact) mass is 559 g/mol. The summed E-state index contributed by atoms with van der Waals surface area (Å²) >= 11 is 0. The Kier molecular flexibility index (Phi) is 17.3. The minimum Gasteiger partial charge on any atom is -0.507 e. The lowest BCUT2D eigenvalue weighted by Gasteiger charge is -2.26. The SMILES string of the molecule is C=C(C)c1ccc(CN2CCCCC2)cc1.C=CC(=C)/C(O)=C(\C)C(C)=O.CC.CCc1cccc2c1COCC2. The minimum atomic E-state index is -0.162. The molecule has 2 aromatic rings. The molecule has 4 rings (SSSR count). The molecule has 0 spiro atoms. The third kappa shape index (κ3) is 12.5. The molecule has 1 N–H and O–H groups in total. The maximum Gasteiger partial charge on any atom is 0.159 e. The van der Waals surface area contributed by atoms with Crippen molar-refractivity contribution in [3.8, 4) is 0 Å². The van der Waals surface area contributed by atoms with Gasteiger partial charge < -0.3 is 9.84 Å². The molecule has 0 unspecified atom stereocenters. The number of allylic oxidation sites excluding steroid dienone is 3. The standard InChI is InChI=1S/C15H21N.C11H14O.C9H12O2.C2H6/c1-13(2)15-8-6-14(7-9-15)12-16-10-4-3-5-11-16;1-2-9-4-3-5-10-6-7-12-8-11(9)10;1-5-6(2)9(11)7(3)8(4)10;1-2/h6-9H,1,3-5,10-12H2,2H3;3-5H,2,6-8H2,1H3;5,11H,1-2H2,3-4H3;1-2H3/b;;9-7-;. The Morgan fingerprint density at radius 1 is 1.00 bits per heavy atom. The molecule has 0 amide bonds. The molecule has 224 valence electrons. The summed E-state index contributed by atoms with van der Waals surface area (Å²) in [4.78, 5) is 13.3. The second-order valence-corrected chi connectivity index (χ2v) is 10.3. The summed E-state index contributed by atoms with van der Waals surface area (Å²) in [6, 6.07) is 15.4. The van der Waals surface area contributed by atoms with Gasteiger partial charge in [-0.2, -0.15) is 0 Å². The van der Waals surface area contributed by atoms with Gasteiger partial charge in [0.15, 0.2) is 5.78 Å². The number of rotatable bonds is 7. The Hall–Kier alpha value is -3.21. The van der Waals surface area contributed by atoms with Gasteiger partial charge in [-0.25, -0.2) is 0 Å². The molecule has 2 aliphatic rings. The first kappa shape index (κ1) is 35.8. The Labute approximate surface area is 250 Å². The zero-order valence-corrected chi connectivity index (χ0v) is 26.5. The average molecular weight is 560 g/mol. The zero-order chi connectivity index (χ0) is 30.8. The number of nitrogens with zero attached hydrogens (tertiary/aromatic N) is 1. The average Bonchev–Trinajstić information content (AvgIpc) is 3.02. The highest BCUT2D eigenvalue weighted by Gasteiger charge is 2.12. The van der Waals surface area contributed by atoms with Gasteiger partial charge in [-0.3, -0.25) is 9.69 Å². The number of benzene rings is 2. The molecule has 0 aliphatic carbocycles. The van der Waals surface area contributed by atoms with Crippen molar-refractivity contribution < 1.29 is 14.6 Å². The molecule has 0 atom stereocenters. The summed E-state index contributed by atoms with van der Waals surface area (Å²) in [5.41, 5.74) is 8.88. The first-order chi connectivity index (χ1) is 19.7. The van der Waals surface area contributed by atoms with E-state index in [9.17, 15) is 9.90 Å². The first-order valence-corrected chi connectivity index (χ1v) is 15.0. The van der Waals surface area contributed by atoms with Gasteiger partial charge in [0, 0.05) is 17.7 Å². The third-order valence-electron chi connectivity index (χ3n) is 7.25. The number of ether oxygens (including phenoxy) is 1. The van der Waals surface area contributed by atoms with E-state index in [-0.39, 0.29) is 11.5 Å². The number of likely N-dealkylation sites (tertiary alicyclic amines) is 1. The van der Waals surface area contributed by atoms with Crippen LogP contribution in [-0.4, -0.2) is 35.5 Å². The fourth-order valence-corrected chi connectivity index (χ4v) is 4.57.